The lowest BCUT2D eigenvalue weighted by Crippen LogP contribution is -2.08. The van der Waals surface area contributed by atoms with E-state index in [9.17, 15) is 10.5 Å². The Hall–Kier alpha value is -3.66. The molecule has 3 aromatic rings. The van der Waals surface area contributed by atoms with Crippen LogP contribution in [-0.2, 0) is 10.5 Å². The fourth-order valence-corrected chi connectivity index (χ4v) is 3.92. The fraction of sp³-hybridized carbons (Fsp3) is 0.261. The lowest BCUT2D eigenvalue weighted by atomic mass is 10.0. The molecule has 0 unspecified atom stereocenters. The topological polar surface area (TPSA) is 131 Å². The third-order valence-corrected chi connectivity index (χ3v) is 5.73. The Morgan fingerprint density at radius 3 is 2.56 bits per heavy atom. The van der Waals surface area contributed by atoms with Crippen molar-refractivity contribution in [2.75, 3.05) is 18.9 Å². The maximum absolute atomic E-state index is 9.88. The van der Waals surface area contributed by atoms with E-state index >= 15 is 0 Å². The molecule has 0 atom stereocenters. The van der Waals surface area contributed by atoms with Gasteiger partial charge in [-0.2, -0.15) is 10.5 Å². The number of nitrogens with zero attached hydrogens (tertiary/aromatic N) is 5. The number of thioether (sulfide) groups is 1. The molecule has 0 aromatic carbocycles. The van der Waals surface area contributed by atoms with Crippen LogP contribution in [0.4, 0.5) is 5.82 Å². The summed E-state index contributed by atoms with van der Waals surface area (Å²) in [5, 5.41) is 20.0. The van der Waals surface area contributed by atoms with Gasteiger partial charge in [-0.3, -0.25) is 9.97 Å². The van der Waals surface area contributed by atoms with Crippen LogP contribution in [0.2, 0.25) is 0 Å². The summed E-state index contributed by atoms with van der Waals surface area (Å²) in [7, 11) is 0. The van der Waals surface area contributed by atoms with Gasteiger partial charge in [0.25, 0.3) is 0 Å². The van der Waals surface area contributed by atoms with Crippen molar-refractivity contribution in [3.8, 4) is 29.1 Å². The van der Waals surface area contributed by atoms with Crippen LogP contribution in [-0.4, -0.2) is 34.3 Å². The van der Waals surface area contributed by atoms with Crippen LogP contribution < -0.4 is 10.5 Å². The number of pyridine rings is 3. The fourth-order valence-electron chi connectivity index (χ4n) is 3.01. The van der Waals surface area contributed by atoms with Gasteiger partial charge in [0.05, 0.1) is 35.9 Å². The van der Waals surface area contributed by atoms with Crippen LogP contribution in [0.15, 0.2) is 47.8 Å². The van der Waals surface area contributed by atoms with Gasteiger partial charge < -0.3 is 15.2 Å². The first-order valence-electron chi connectivity index (χ1n) is 10.1. The first-order chi connectivity index (χ1) is 15.7. The zero-order valence-corrected chi connectivity index (χ0v) is 18.0. The van der Waals surface area contributed by atoms with E-state index in [0.29, 0.717) is 47.1 Å². The number of ether oxygens (including phenoxy) is 2. The van der Waals surface area contributed by atoms with E-state index in [1.54, 1.807) is 24.5 Å². The summed E-state index contributed by atoms with van der Waals surface area (Å²) in [6.45, 7) is 0.961. The summed E-state index contributed by atoms with van der Waals surface area (Å²) in [6, 6.07) is 13.3. The van der Waals surface area contributed by atoms with Gasteiger partial charge in [0.2, 0.25) is 0 Å². The molecule has 2 N–H and O–H groups in total. The number of nitriles is 2. The highest BCUT2D eigenvalue weighted by molar-refractivity contribution is 7.98. The number of rotatable bonds is 9. The van der Waals surface area contributed by atoms with Crippen LogP contribution >= 0.6 is 11.8 Å². The summed E-state index contributed by atoms with van der Waals surface area (Å²) in [6.07, 6.45) is 5.89. The number of nitrogen functional groups attached to an aromatic ring is 1. The number of hydrogen-bond acceptors (Lipinski definition) is 9. The predicted octanol–water partition coefficient (Wildman–Crippen LogP) is 3.71. The minimum absolute atomic E-state index is 0.0596. The standard InChI is InChI=1S/C23H20N6O2S/c24-11-18-21(20-7-6-17(13-28-20)31-10-9-30-16-4-5-16)19(12-25)23(29-22(18)26)32-14-15-3-1-2-8-27-15/h1-3,6-8,13,16H,4-5,9-10,14H2,(H2,26,29). The average Bonchev–Trinajstić information content (AvgIpc) is 3.65. The molecular formula is C23H20N6O2S. The second-order valence-corrected chi connectivity index (χ2v) is 8.02. The Morgan fingerprint density at radius 1 is 1.06 bits per heavy atom. The van der Waals surface area contributed by atoms with Crippen molar-refractivity contribution in [2.24, 2.45) is 0 Å². The van der Waals surface area contributed by atoms with Crippen LogP contribution in [0.5, 0.6) is 5.75 Å². The van der Waals surface area contributed by atoms with Crippen molar-refractivity contribution in [1.29, 1.82) is 10.5 Å². The molecule has 0 bridgehead atoms. The van der Waals surface area contributed by atoms with E-state index in [-0.39, 0.29) is 16.9 Å². The molecule has 3 heterocycles. The Morgan fingerprint density at radius 2 is 1.91 bits per heavy atom. The zero-order valence-electron chi connectivity index (χ0n) is 17.2. The summed E-state index contributed by atoms with van der Waals surface area (Å²) in [5.74, 6) is 1.15. The first kappa shape index (κ1) is 21.6. The molecule has 0 amide bonds. The van der Waals surface area contributed by atoms with E-state index in [1.165, 1.54) is 11.8 Å². The van der Waals surface area contributed by atoms with Gasteiger partial charge in [0, 0.05) is 17.5 Å². The molecule has 160 valence electrons. The van der Waals surface area contributed by atoms with Gasteiger partial charge in [-0.15, -0.1) is 0 Å². The summed E-state index contributed by atoms with van der Waals surface area (Å²) in [4.78, 5) is 13.0. The van der Waals surface area contributed by atoms with Crippen molar-refractivity contribution in [3.05, 3.63) is 59.5 Å². The third-order valence-electron chi connectivity index (χ3n) is 4.72. The quantitative estimate of drug-likeness (QED) is 0.387. The van der Waals surface area contributed by atoms with Crippen LogP contribution in [0, 0.1) is 22.7 Å². The van der Waals surface area contributed by atoms with Crippen LogP contribution in [0.1, 0.15) is 29.7 Å². The molecule has 0 spiro atoms. The molecule has 1 fully saturated rings. The number of aromatic nitrogens is 3. The van der Waals surface area contributed by atoms with Gasteiger partial charge in [0.1, 0.15) is 40.9 Å². The maximum atomic E-state index is 9.88. The monoisotopic (exact) mass is 444 g/mol. The Kier molecular flexibility index (Phi) is 6.81. The van der Waals surface area contributed by atoms with E-state index in [0.717, 1.165) is 18.5 Å². The van der Waals surface area contributed by atoms with Gasteiger partial charge >= 0.3 is 0 Å². The van der Waals surface area contributed by atoms with Gasteiger partial charge in [-0.1, -0.05) is 17.8 Å². The smallest absolute Gasteiger partial charge is 0.143 e. The minimum Gasteiger partial charge on any atom is -0.490 e. The number of hydrogen-bond donors (Lipinski definition) is 1. The summed E-state index contributed by atoms with van der Waals surface area (Å²) in [5.41, 5.74) is 8.12. The lowest BCUT2D eigenvalue weighted by Gasteiger charge is -2.13. The molecule has 0 aliphatic heterocycles. The van der Waals surface area contributed by atoms with Crippen molar-refractivity contribution < 1.29 is 9.47 Å². The molecule has 8 nitrogen and oxygen atoms in total. The van der Waals surface area contributed by atoms with Crippen molar-refractivity contribution in [3.63, 3.8) is 0 Å². The van der Waals surface area contributed by atoms with E-state index < -0.39 is 0 Å². The molecule has 0 saturated heterocycles. The zero-order chi connectivity index (χ0) is 22.3. The molecular weight excluding hydrogens is 424 g/mol. The lowest BCUT2D eigenvalue weighted by molar-refractivity contribution is 0.0880. The van der Waals surface area contributed by atoms with E-state index in [1.807, 2.05) is 18.2 Å². The second-order valence-electron chi connectivity index (χ2n) is 7.06. The highest BCUT2D eigenvalue weighted by Crippen LogP contribution is 2.36. The molecule has 1 saturated carbocycles. The van der Waals surface area contributed by atoms with Crippen LogP contribution in [0.3, 0.4) is 0 Å². The average molecular weight is 445 g/mol. The normalized spacial score (nSPS) is 12.7. The number of anilines is 1. The highest BCUT2D eigenvalue weighted by atomic mass is 32.2. The van der Waals surface area contributed by atoms with Crippen molar-refractivity contribution >= 4 is 17.6 Å². The SMILES string of the molecule is N#Cc1c(N)nc(SCc2ccccn2)c(C#N)c1-c1ccc(OCCOC2CC2)cn1. The molecule has 3 aromatic heterocycles. The first-order valence-corrected chi connectivity index (χ1v) is 11.1. The van der Waals surface area contributed by atoms with E-state index in [4.69, 9.17) is 15.2 Å². The molecule has 4 rings (SSSR count). The highest BCUT2D eigenvalue weighted by Gasteiger charge is 2.22. The van der Waals surface area contributed by atoms with Gasteiger partial charge in [-0.05, 0) is 37.1 Å². The van der Waals surface area contributed by atoms with Gasteiger partial charge in [-0.25, -0.2) is 4.98 Å². The Balaban J connectivity index is 1.57. The van der Waals surface area contributed by atoms with E-state index in [2.05, 4.69) is 27.1 Å². The summed E-state index contributed by atoms with van der Waals surface area (Å²) < 4.78 is 11.2. The molecule has 32 heavy (non-hydrogen) atoms. The van der Waals surface area contributed by atoms with Crippen molar-refractivity contribution in [1.82, 2.24) is 15.0 Å². The largest absolute Gasteiger partial charge is 0.490 e. The number of nitrogens with two attached hydrogens (primary N) is 1. The molecule has 1 aliphatic rings. The maximum Gasteiger partial charge on any atom is 0.143 e. The Bertz CT molecular complexity index is 1170. The minimum atomic E-state index is 0.0596. The second kappa shape index (κ2) is 10.1. The van der Waals surface area contributed by atoms with Crippen LogP contribution in [0.25, 0.3) is 11.3 Å². The van der Waals surface area contributed by atoms with Crippen molar-refractivity contribution in [2.45, 2.75) is 29.7 Å². The molecule has 9 heteroatoms. The molecule has 1 aliphatic carbocycles. The Labute approximate surface area is 190 Å². The molecule has 0 radical (unpaired) electrons. The summed E-state index contributed by atoms with van der Waals surface area (Å²) >= 11 is 1.34. The predicted molar refractivity (Wildman–Crippen MR) is 120 cm³/mol. The van der Waals surface area contributed by atoms with Gasteiger partial charge in [0.15, 0.2) is 0 Å². The third kappa shape index (κ3) is 5.14.